The number of fused-ring (bicyclic) bond motifs is 1. The molecule has 0 unspecified atom stereocenters. The van der Waals surface area contributed by atoms with Gasteiger partial charge in [0.1, 0.15) is 0 Å². The van der Waals surface area contributed by atoms with Gasteiger partial charge >= 0.3 is 0 Å². The van der Waals surface area contributed by atoms with Gasteiger partial charge in [0.15, 0.2) is 17.3 Å². The lowest BCUT2D eigenvalue weighted by atomic mass is 10.1. The fourth-order valence-electron chi connectivity index (χ4n) is 1.15. The van der Waals surface area contributed by atoms with Crippen molar-refractivity contribution in [2.24, 2.45) is 4.99 Å². The van der Waals surface area contributed by atoms with Gasteiger partial charge in [0.2, 0.25) is 0 Å². The highest BCUT2D eigenvalue weighted by molar-refractivity contribution is 6.13. The Hall–Kier alpha value is -1.58. The Morgan fingerprint density at radius 3 is 2.92 bits per heavy atom. The average molecular weight is 161 g/mol. The van der Waals surface area contributed by atoms with Crippen LogP contribution in [0.15, 0.2) is 17.4 Å². The summed E-state index contributed by atoms with van der Waals surface area (Å²) >= 11 is 0. The molecule has 4 nitrogen and oxygen atoms in total. The smallest absolute Gasteiger partial charge is 0.190 e. The minimum atomic E-state index is 0.00519. The second-order valence-corrected chi connectivity index (χ2v) is 2.68. The van der Waals surface area contributed by atoms with E-state index >= 15 is 0 Å². The van der Waals surface area contributed by atoms with E-state index in [4.69, 9.17) is 0 Å². The second kappa shape index (κ2) is 2.48. The van der Waals surface area contributed by atoms with Crippen molar-refractivity contribution in [2.75, 3.05) is 0 Å². The highest BCUT2D eigenvalue weighted by Crippen LogP contribution is 2.19. The van der Waals surface area contributed by atoms with Crippen molar-refractivity contribution >= 4 is 17.3 Å². The molecule has 0 aromatic carbocycles. The number of carbonyl (C=O) groups excluding carboxylic acids is 1. The molecule has 12 heavy (non-hydrogen) atoms. The molecule has 0 amide bonds. The molecule has 2 heterocycles. The van der Waals surface area contributed by atoms with E-state index in [1.165, 1.54) is 12.4 Å². The number of hydrogen-bond acceptors (Lipinski definition) is 4. The standard InChI is InChI=1S/C8H7N3O/c1-5-4-6(12)7-8(11-5)10-3-2-9-7/h2-3H,4H2,1H3. The summed E-state index contributed by atoms with van der Waals surface area (Å²) in [5, 5.41) is 0. The zero-order valence-electron chi connectivity index (χ0n) is 6.61. The molecule has 0 saturated heterocycles. The second-order valence-electron chi connectivity index (χ2n) is 2.68. The summed E-state index contributed by atoms with van der Waals surface area (Å²) in [5.41, 5.74) is 1.19. The Morgan fingerprint density at radius 2 is 2.08 bits per heavy atom. The van der Waals surface area contributed by atoms with Gasteiger partial charge in [-0.2, -0.15) is 0 Å². The third-order valence-electron chi connectivity index (χ3n) is 1.66. The number of aromatic nitrogens is 2. The molecule has 0 radical (unpaired) electrons. The molecule has 1 aliphatic rings. The molecular weight excluding hydrogens is 154 g/mol. The van der Waals surface area contributed by atoms with Crippen LogP contribution in [0.2, 0.25) is 0 Å². The Balaban J connectivity index is 2.62. The van der Waals surface area contributed by atoms with E-state index < -0.39 is 0 Å². The lowest BCUT2D eigenvalue weighted by Crippen LogP contribution is -2.12. The normalized spacial score (nSPS) is 15.4. The van der Waals surface area contributed by atoms with Crippen molar-refractivity contribution in [3.05, 3.63) is 18.1 Å². The van der Waals surface area contributed by atoms with Gasteiger partial charge in [0.05, 0.1) is 6.42 Å². The van der Waals surface area contributed by atoms with Crippen LogP contribution < -0.4 is 0 Å². The van der Waals surface area contributed by atoms with E-state index in [0.29, 0.717) is 17.9 Å². The molecule has 1 aromatic rings. The lowest BCUT2D eigenvalue weighted by Gasteiger charge is -2.08. The van der Waals surface area contributed by atoms with E-state index in [1.54, 1.807) is 0 Å². The summed E-state index contributed by atoms with van der Waals surface area (Å²) in [5.74, 6) is 0.455. The number of aliphatic imine (C=N–C) groups is 1. The largest absolute Gasteiger partial charge is 0.292 e. The molecule has 60 valence electrons. The van der Waals surface area contributed by atoms with Crippen LogP contribution >= 0.6 is 0 Å². The van der Waals surface area contributed by atoms with Gasteiger partial charge in [-0.15, -0.1) is 0 Å². The van der Waals surface area contributed by atoms with Gasteiger partial charge in [-0.1, -0.05) is 0 Å². The molecule has 0 fully saturated rings. The number of ketones is 1. The van der Waals surface area contributed by atoms with E-state index in [9.17, 15) is 4.79 Å². The first-order valence-corrected chi connectivity index (χ1v) is 3.66. The molecule has 1 aromatic heterocycles. The van der Waals surface area contributed by atoms with Crippen LogP contribution in [0.25, 0.3) is 0 Å². The SMILES string of the molecule is CC1=Nc2nccnc2C(=O)C1. The summed E-state index contributed by atoms with van der Waals surface area (Å²) in [7, 11) is 0. The first kappa shape index (κ1) is 7.09. The fourth-order valence-corrected chi connectivity index (χ4v) is 1.15. The van der Waals surface area contributed by atoms with Crippen LogP contribution in [0.5, 0.6) is 0 Å². The fraction of sp³-hybridized carbons (Fsp3) is 0.250. The maximum Gasteiger partial charge on any atom is 0.190 e. The zero-order valence-corrected chi connectivity index (χ0v) is 6.61. The summed E-state index contributed by atoms with van der Waals surface area (Å²) in [6.45, 7) is 1.82. The zero-order chi connectivity index (χ0) is 8.55. The first-order valence-electron chi connectivity index (χ1n) is 3.66. The Bertz CT molecular complexity index is 370. The van der Waals surface area contributed by atoms with Gasteiger partial charge in [0.25, 0.3) is 0 Å². The van der Waals surface area contributed by atoms with Crippen molar-refractivity contribution in [1.29, 1.82) is 0 Å². The van der Waals surface area contributed by atoms with E-state index in [1.807, 2.05) is 6.92 Å². The highest BCUT2D eigenvalue weighted by atomic mass is 16.1. The van der Waals surface area contributed by atoms with Crippen molar-refractivity contribution in [3.63, 3.8) is 0 Å². The summed E-state index contributed by atoms with van der Waals surface area (Å²) < 4.78 is 0. The minimum Gasteiger partial charge on any atom is -0.292 e. The number of carbonyl (C=O) groups is 1. The summed E-state index contributed by atoms with van der Waals surface area (Å²) in [4.78, 5) is 23.3. The summed E-state index contributed by atoms with van der Waals surface area (Å²) in [6, 6.07) is 0. The predicted molar refractivity (Wildman–Crippen MR) is 43.7 cm³/mol. The third-order valence-corrected chi connectivity index (χ3v) is 1.66. The van der Waals surface area contributed by atoms with Crippen LogP contribution in [-0.4, -0.2) is 21.5 Å². The van der Waals surface area contributed by atoms with E-state index in [-0.39, 0.29) is 5.78 Å². The molecule has 4 heteroatoms. The Labute approximate surface area is 69.4 Å². The topological polar surface area (TPSA) is 55.2 Å². The summed E-state index contributed by atoms with van der Waals surface area (Å²) in [6.07, 6.45) is 3.41. The third kappa shape index (κ3) is 1.01. The van der Waals surface area contributed by atoms with Crippen molar-refractivity contribution in [3.8, 4) is 0 Å². The number of hydrogen-bond donors (Lipinski definition) is 0. The molecule has 0 spiro atoms. The van der Waals surface area contributed by atoms with Crippen molar-refractivity contribution < 1.29 is 4.79 Å². The number of nitrogens with zero attached hydrogens (tertiary/aromatic N) is 3. The van der Waals surface area contributed by atoms with Crippen molar-refractivity contribution in [2.45, 2.75) is 13.3 Å². The van der Waals surface area contributed by atoms with Crippen LogP contribution in [-0.2, 0) is 0 Å². The Morgan fingerprint density at radius 1 is 1.33 bits per heavy atom. The molecule has 0 N–H and O–H groups in total. The van der Waals surface area contributed by atoms with Gasteiger partial charge in [-0.05, 0) is 6.92 Å². The van der Waals surface area contributed by atoms with Crippen molar-refractivity contribution in [1.82, 2.24) is 9.97 Å². The molecule has 0 saturated carbocycles. The highest BCUT2D eigenvalue weighted by Gasteiger charge is 2.19. The van der Waals surface area contributed by atoms with Gasteiger partial charge in [0, 0.05) is 18.1 Å². The van der Waals surface area contributed by atoms with Gasteiger partial charge < -0.3 is 0 Å². The molecule has 0 bridgehead atoms. The molecule has 0 atom stereocenters. The Kier molecular flexibility index (Phi) is 1.46. The molecule has 2 rings (SSSR count). The quantitative estimate of drug-likeness (QED) is 0.573. The first-order chi connectivity index (χ1) is 5.77. The van der Waals surface area contributed by atoms with E-state index in [2.05, 4.69) is 15.0 Å². The van der Waals surface area contributed by atoms with Gasteiger partial charge in [-0.25, -0.2) is 15.0 Å². The van der Waals surface area contributed by atoms with Gasteiger partial charge in [-0.3, -0.25) is 4.79 Å². The maximum absolute atomic E-state index is 11.3. The number of Topliss-reactive ketones (excluding diaryl/α,β-unsaturated/α-hetero) is 1. The molecular formula is C8H7N3O. The predicted octanol–water partition coefficient (Wildman–Crippen LogP) is 1.16. The van der Waals surface area contributed by atoms with Crippen LogP contribution in [0.1, 0.15) is 23.8 Å². The van der Waals surface area contributed by atoms with E-state index in [0.717, 1.165) is 5.71 Å². The average Bonchev–Trinajstić information content (AvgIpc) is 2.04. The number of rotatable bonds is 0. The minimum absolute atomic E-state index is 0.00519. The van der Waals surface area contributed by atoms with Crippen LogP contribution in [0, 0.1) is 0 Å². The van der Waals surface area contributed by atoms with Crippen LogP contribution in [0.3, 0.4) is 0 Å². The molecule has 1 aliphatic heterocycles. The molecule has 0 aliphatic carbocycles. The van der Waals surface area contributed by atoms with Crippen LogP contribution in [0.4, 0.5) is 5.82 Å². The lowest BCUT2D eigenvalue weighted by molar-refractivity contribution is 0.0994. The monoisotopic (exact) mass is 161 g/mol. The maximum atomic E-state index is 11.3.